The molecule has 0 radical (unpaired) electrons. The summed E-state index contributed by atoms with van der Waals surface area (Å²) in [6.07, 6.45) is 4.12. The van der Waals surface area contributed by atoms with Gasteiger partial charge in [-0.05, 0) is 24.1 Å². The topological polar surface area (TPSA) is 57.4 Å². The number of aromatic nitrogens is 1. The van der Waals surface area contributed by atoms with Crippen molar-refractivity contribution in [2.75, 3.05) is 19.5 Å². The van der Waals surface area contributed by atoms with Gasteiger partial charge in [0.25, 0.3) is 0 Å². The van der Waals surface area contributed by atoms with Gasteiger partial charge in [0.1, 0.15) is 11.5 Å². The van der Waals surface area contributed by atoms with Crippen molar-refractivity contribution in [1.82, 2.24) is 4.98 Å². The molecule has 2 N–H and O–H groups in total. The molecule has 1 heterocycles. The second-order valence-corrected chi connectivity index (χ2v) is 3.94. The van der Waals surface area contributed by atoms with Crippen LogP contribution in [0, 0.1) is 0 Å². The van der Waals surface area contributed by atoms with Crippen LogP contribution in [0.4, 0.5) is 5.69 Å². The largest absolute Gasteiger partial charge is 0.456 e. The highest BCUT2D eigenvalue weighted by Crippen LogP contribution is 2.22. The van der Waals surface area contributed by atoms with Gasteiger partial charge in [0.15, 0.2) is 0 Å². The molecular formula is C14H16N2O2. The Kier molecular flexibility index (Phi) is 4.15. The van der Waals surface area contributed by atoms with Crippen LogP contribution in [0.2, 0.25) is 0 Å². The highest BCUT2D eigenvalue weighted by molar-refractivity contribution is 5.42. The van der Waals surface area contributed by atoms with Crippen LogP contribution in [0.1, 0.15) is 5.56 Å². The first-order valence-electron chi connectivity index (χ1n) is 5.74. The highest BCUT2D eigenvalue weighted by Gasteiger charge is 1.99. The van der Waals surface area contributed by atoms with Gasteiger partial charge in [-0.25, -0.2) is 0 Å². The standard InChI is InChI=1S/C14H16N2O2/c1-17-7-6-11-2-4-13(5-3-11)18-14-8-12(15)9-16-10-14/h2-5,8-10H,6-7,15H2,1H3. The van der Waals surface area contributed by atoms with Gasteiger partial charge in [0.2, 0.25) is 0 Å². The number of methoxy groups -OCH3 is 1. The van der Waals surface area contributed by atoms with Gasteiger partial charge >= 0.3 is 0 Å². The summed E-state index contributed by atoms with van der Waals surface area (Å²) in [5.41, 5.74) is 7.44. The fourth-order valence-corrected chi connectivity index (χ4v) is 1.57. The number of hydrogen-bond acceptors (Lipinski definition) is 4. The summed E-state index contributed by atoms with van der Waals surface area (Å²) in [6.45, 7) is 0.722. The minimum absolute atomic E-state index is 0.587. The lowest BCUT2D eigenvalue weighted by Gasteiger charge is -2.06. The molecule has 94 valence electrons. The summed E-state index contributed by atoms with van der Waals surface area (Å²) < 4.78 is 10.7. The number of anilines is 1. The summed E-state index contributed by atoms with van der Waals surface area (Å²) in [5.74, 6) is 1.41. The molecule has 1 aromatic heterocycles. The fraction of sp³-hybridized carbons (Fsp3) is 0.214. The van der Waals surface area contributed by atoms with E-state index in [2.05, 4.69) is 4.98 Å². The van der Waals surface area contributed by atoms with Crippen molar-refractivity contribution < 1.29 is 9.47 Å². The van der Waals surface area contributed by atoms with Crippen LogP contribution >= 0.6 is 0 Å². The van der Waals surface area contributed by atoms with Gasteiger partial charge in [-0.2, -0.15) is 0 Å². The molecule has 4 nitrogen and oxygen atoms in total. The molecule has 0 atom stereocenters. The molecule has 0 fully saturated rings. The number of rotatable bonds is 5. The molecular weight excluding hydrogens is 228 g/mol. The van der Waals surface area contributed by atoms with E-state index in [9.17, 15) is 0 Å². The average molecular weight is 244 g/mol. The van der Waals surface area contributed by atoms with Crippen LogP contribution in [-0.2, 0) is 11.2 Å². The van der Waals surface area contributed by atoms with E-state index in [1.807, 2.05) is 24.3 Å². The Balaban J connectivity index is 2.02. The number of nitrogen functional groups attached to an aromatic ring is 1. The Morgan fingerprint density at radius 3 is 2.56 bits per heavy atom. The number of nitrogens with two attached hydrogens (primary N) is 1. The van der Waals surface area contributed by atoms with E-state index in [0.29, 0.717) is 11.4 Å². The maximum Gasteiger partial charge on any atom is 0.147 e. The molecule has 18 heavy (non-hydrogen) atoms. The minimum atomic E-state index is 0.587. The van der Waals surface area contributed by atoms with Crippen molar-refractivity contribution in [3.05, 3.63) is 48.3 Å². The van der Waals surface area contributed by atoms with Crippen LogP contribution in [-0.4, -0.2) is 18.7 Å². The molecule has 0 saturated heterocycles. The summed E-state index contributed by atoms with van der Waals surface area (Å²) in [4.78, 5) is 3.97. The minimum Gasteiger partial charge on any atom is -0.456 e. The van der Waals surface area contributed by atoms with E-state index in [4.69, 9.17) is 15.2 Å². The van der Waals surface area contributed by atoms with Gasteiger partial charge in [-0.15, -0.1) is 0 Å². The predicted octanol–water partition coefficient (Wildman–Crippen LogP) is 2.65. The van der Waals surface area contributed by atoms with Crippen molar-refractivity contribution in [3.8, 4) is 11.5 Å². The van der Waals surface area contributed by atoms with Crippen LogP contribution in [0.3, 0.4) is 0 Å². The molecule has 0 aliphatic carbocycles. The zero-order valence-electron chi connectivity index (χ0n) is 10.3. The first-order valence-corrected chi connectivity index (χ1v) is 5.74. The van der Waals surface area contributed by atoms with Crippen LogP contribution in [0.15, 0.2) is 42.7 Å². The lowest BCUT2D eigenvalue weighted by Crippen LogP contribution is -1.94. The van der Waals surface area contributed by atoms with Crippen LogP contribution < -0.4 is 10.5 Å². The zero-order chi connectivity index (χ0) is 12.8. The summed E-state index contributed by atoms with van der Waals surface area (Å²) in [6, 6.07) is 9.64. The second kappa shape index (κ2) is 6.02. The zero-order valence-corrected chi connectivity index (χ0v) is 10.3. The predicted molar refractivity (Wildman–Crippen MR) is 70.7 cm³/mol. The molecule has 0 aliphatic heterocycles. The summed E-state index contributed by atoms with van der Waals surface area (Å²) in [7, 11) is 1.70. The smallest absolute Gasteiger partial charge is 0.147 e. The molecule has 0 amide bonds. The van der Waals surface area contributed by atoms with E-state index in [1.165, 1.54) is 5.56 Å². The van der Waals surface area contributed by atoms with Gasteiger partial charge < -0.3 is 15.2 Å². The third kappa shape index (κ3) is 3.46. The van der Waals surface area contributed by atoms with E-state index in [-0.39, 0.29) is 0 Å². The quantitative estimate of drug-likeness (QED) is 0.878. The molecule has 0 bridgehead atoms. The van der Waals surface area contributed by atoms with E-state index >= 15 is 0 Å². The Morgan fingerprint density at radius 2 is 1.89 bits per heavy atom. The van der Waals surface area contributed by atoms with Crippen molar-refractivity contribution >= 4 is 5.69 Å². The lowest BCUT2D eigenvalue weighted by atomic mass is 10.1. The molecule has 0 saturated carbocycles. The molecule has 2 rings (SSSR count). The maximum absolute atomic E-state index is 5.64. The lowest BCUT2D eigenvalue weighted by molar-refractivity contribution is 0.202. The van der Waals surface area contributed by atoms with Crippen molar-refractivity contribution in [2.24, 2.45) is 0 Å². The first-order chi connectivity index (χ1) is 8.78. The average Bonchev–Trinajstić information content (AvgIpc) is 2.38. The Morgan fingerprint density at radius 1 is 1.11 bits per heavy atom. The fourth-order valence-electron chi connectivity index (χ4n) is 1.57. The number of benzene rings is 1. The molecule has 0 unspecified atom stereocenters. The van der Waals surface area contributed by atoms with Gasteiger partial charge in [-0.1, -0.05) is 12.1 Å². The molecule has 4 heteroatoms. The molecule has 0 aliphatic rings. The summed E-state index contributed by atoms with van der Waals surface area (Å²) in [5, 5.41) is 0. The highest BCUT2D eigenvalue weighted by atomic mass is 16.5. The van der Waals surface area contributed by atoms with Crippen molar-refractivity contribution in [2.45, 2.75) is 6.42 Å². The number of hydrogen-bond donors (Lipinski definition) is 1. The van der Waals surface area contributed by atoms with E-state index < -0.39 is 0 Å². The number of nitrogens with zero attached hydrogens (tertiary/aromatic N) is 1. The van der Waals surface area contributed by atoms with Gasteiger partial charge in [0, 0.05) is 13.2 Å². The van der Waals surface area contributed by atoms with Gasteiger partial charge in [0.05, 0.1) is 24.7 Å². The Labute approximate surface area is 106 Å². The summed E-state index contributed by atoms with van der Waals surface area (Å²) >= 11 is 0. The monoisotopic (exact) mass is 244 g/mol. The van der Waals surface area contributed by atoms with E-state index in [1.54, 1.807) is 25.6 Å². The number of pyridine rings is 1. The van der Waals surface area contributed by atoms with Crippen molar-refractivity contribution in [1.29, 1.82) is 0 Å². The second-order valence-electron chi connectivity index (χ2n) is 3.94. The third-order valence-corrected chi connectivity index (χ3v) is 2.49. The first kappa shape index (κ1) is 12.4. The van der Waals surface area contributed by atoms with E-state index in [0.717, 1.165) is 18.8 Å². The van der Waals surface area contributed by atoms with Crippen molar-refractivity contribution in [3.63, 3.8) is 0 Å². The van der Waals surface area contributed by atoms with Gasteiger partial charge in [-0.3, -0.25) is 4.98 Å². The maximum atomic E-state index is 5.64. The Hall–Kier alpha value is -2.07. The molecule has 1 aromatic carbocycles. The SMILES string of the molecule is COCCc1ccc(Oc2cncc(N)c2)cc1. The molecule has 0 spiro atoms. The normalized spacial score (nSPS) is 10.3. The molecule has 2 aromatic rings. The third-order valence-electron chi connectivity index (χ3n) is 2.49. The van der Waals surface area contributed by atoms with Crippen LogP contribution in [0.5, 0.6) is 11.5 Å². The number of ether oxygens (including phenoxy) is 2. The van der Waals surface area contributed by atoms with Crippen LogP contribution in [0.25, 0.3) is 0 Å². The Bertz CT molecular complexity index is 497.